The molecule has 2 aliphatic carbocycles. The van der Waals surface area contributed by atoms with E-state index in [-0.39, 0.29) is 48.9 Å². The number of carboxylic acid groups (broad SMARTS) is 1. The van der Waals surface area contributed by atoms with Gasteiger partial charge in [0.05, 0.1) is 17.1 Å². The first kappa shape index (κ1) is 30.9. The Morgan fingerprint density at radius 3 is 2.35 bits per heavy atom. The predicted molar refractivity (Wildman–Crippen MR) is 149 cm³/mol. The number of carbonyl (C=O) groups excluding carboxylic acids is 2. The van der Waals surface area contributed by atoms with Gasteiger partial charge in [-0.15, -0.1) is 0 Å². The topological polar surface area (TPSA) is 130 Å². The van der Waals surface area contributed by atoms with Crippen molar-refractivity contribution < 1.29 is 39.2 Å². The molecule has 2 aliphatic heterocycles. The highest BCUT2D eigenvalue weighted by Crippen LogP contribution is 2.64. The maximum atomic E-state index is 13.9. The molecule has 1 saturated heterocycles. The van der Waals surface area contributed by atoms with Crippen molar-refractivity contribution in [3.8, 4) is 0 Å². The van der Waals surface area contributed by atoms with Gasteiger partial charge < -0.3 is 24.8 Å². The number of carbonyl (C=O) groups is 3. The van der Waals surface area contributed by atoms with Crippen molar-refractivity contribution in [3.63, 3.8) is 0 Å². The molecular weight excluding hydrogens is 512 g/mol. The fraction of sp³-hybridized carbons (Fsp3) is 0.781. The number of Topliss-reactive ketones (excluding diaryl/α,β-unsaturated/α-hetero) is 1. The number of rotatable bonds is 7. The van der Waals surface area contributed by atoms with Gasteiger partial charge in [-0.2, -0.15) is 0 Å². The second kappa shape index (κ2) is 10.4. The van der Waals surface area contributed by atoms with E-state index in [0.29, 0.717) is 24.3 Å². The van der Waals surface area contributed by atoms with Crippen LogP contribution >= 0.6 is 0 Å². The number of aliphatic carboxylic acids is 1. The SMILES string of the molecule is C=C(CC[C@@H](C)[C@H]1CC[C@@]2(O)O[C@]1(C)[C@H](OC(C)=O)CC1=C2C(=O)C[C@H]2[C@](C)(C(=O)O)[C@@H](O)CC[C@]12C)C(C)C. The molecule has 8 heteroatoms. The number of allylic oxidation sites excluding steroid dienone is 1. The van der Waals surface area contributed by atoms with E-state index in [1.165, 1.54) is 19.4 Å². The summed E-state index contributed by atoms with van der Waals surface area (Å²) in [5.41, 5.74) is -1.43. The lowest BCUT2D eigenvalue weighted by atomic mass is 9.47. The molecule has 224 valence electrons. The number of ketones is 1. The summed E-state index contributed by atoms with van der Waals surface area (Å²) >= 11 is 0. The first-order valence-corrected chi connectivity index (χ1v) is 14.9. The smallest absolute Gasteiger partial charge is 0.312 e. The van der Waals surface area contributed by atoms with Gasteiger partial charge in [-0.25, -0.2) is 0 Å². The van der Waals surface area contributed by atoms with E-state index < -0.39 is 52.3 Å². The Morgan fingerprint density at radius 2 is 1.77 bits per heavy atom. The van der Waals surface area contributed by atoms with E-state index >= 15 is 0 Å². The van der Waals surface area contributed by atoms with Crippen LogP contribution in [0.2, 0.25) is 0 Å². The maximum absolute atomic E-state index is 13.9. The van der Waals surface area contributed by atoms with E-state index in [4.69, 9.17) is 9.47 Å². The van der Waals surface area contributed by atoms with Gasteiger partial charge in [0.1, 0.15) is 11.7 Å². The average Bonchev–Trinajstić information content (AvgIpc) is 2.92. The van der Waals surface area contributed by atoms with Gasteiger partial charge in [-0.1, -0.05) is 39.8 Å². The standard InChI is InChI=1S/C32H48O8/c1-17(2)18(3)9-10-19(4)21-11-14-32(38)27-22(15-26(39-20(5)33)31(21,8)40-32)29(6)13-12-25(35)30(7,28(36)37)24(29)16-23(27)34/h17,19,21,24-26,35,38H,3,9-16H2,1-2,4-8H3,(H,36,37)/t19-,21-,24-,25+,26-,29-,30+,31+,32-/m1/s1. The van der Waals surface area contributed by atoms with Gasteiger partial charge >= 0.3 is 11.9 Å². The van der Waals surface area contributed by atoms with E-state index in [9.17, 15) is 29.7 Å². The Labute approximate surface area is 238 Å². The summed E-state index contributed by atoms with van der Waals surface area (Å²) in [6.07, 6.45) is 1.40. The molecule has 40 heavy (non-hydrogen) atoms. The number of aliphatic hydroxyl groups excluding tert-OH is 1. The van der Waals surface area contributed by atoms with Crippen molar-refractivity contribution in [3.05, 3.63) is 23.3 Å². The van der Waals surface area contributed by atoms with Crippen molar-refractivity contribution in [1.29, 1.82) is 0 Å². The third-order valence-corrected chi connectivity index (χ3v) is 11.3. The molecule has 0 aromatic carbocycles. The number of carboxylic acids is 1. The van der Waals surface area contributed by atoms with Crippen LogP contribution in [0.1, 0.15) is 99.8 Å². The molecule has 0 spiro atoms. The van der Waals surface area contributed by atoms with Crippen LogP contribution < -0.4 is 0 Å². The summed E-state index contributed by atoms with van der Waals surface area (Å²) in [6, 6.07) is 0. The highest BCUT2D eigenvalue weighted by Gasteiger charge is 2.67. The zero-order chi connectivity index (χ0) is 30.0. The zero-order valence-corrected chi connectivity index (χ0v) is 25.2. The van der Waals surface area contributed by atoms with Crippen LogP contribution in [0, 0.1) is 34.5 Å². The molecule has 0 aromatic heterocycles. The highest BCUT2D eigenvalue weighted by molar-refractivity contribution is 6.00. The number of ether oxygens (including phenoxy) is 2. The number of esters is 1. The molecule has 8 nitrogen and oxygen atoms in total. The Kier molecular flexibility index (Phi) is 8.00. The number of hydrogen-bond donors (Lipinski definition) is 3. The van der Waals surface area contributed by atoms with Gasteiger partial charge in [-0.05, 0) is 80.6 Å². The minimum absolute atomic E-state index is 0.0605. The summed E-state index contributed by atoms with van der Waals surface area (Å²) < 4.78 is 12.6. The molecule has 0 unspecified atom stereocenters. The minimum Gasteiger partial charge on any atom is -0.481 e. The second-order valence-corrected chi connectivity index (χ2v) is 13.9. The zero-order valence-electron chi connectivity index (χ0n) is 25.2. The number of aliphatic hydroxyl groups is 2. The molecule has 4 aliphatic rings. The molecule has 3 N–H and O–H groups in total. The molecule has 1 saturated carbocycles. The third kappa shape index (κ3) is 4.68. The summed E-state index contributed by atoms with van der Waals surface area (Å²) in [5.74, 6) is -4.04. The minimum atomic E-state index is -1.86. The monoisotopic (exact) mass is 560 g/mol. The summed E-state index contributed by atoms with van der Waals surface area (Å²) in [6.45, 7) is 17.3. The van der Waals surface area contributed by atoms with Crippen LogP contribution in [0.25, 0.3) is 0 Å². The largest absolute Gasteiger partial charge is 0.481 e. The first-order chi connectivity index (χ1) is 18.4. The van der Waals surface area contributed by atoms with Crippen molar-refractivity contribution in [2.24, 2.45) is 34.5 Å². The predicted octanol–water partition coefficient (Wildman–Crippen LogP) is 4.96. The summed E-state index contributed by atoms with van der Waals surface area (Å²) in [4.78, 5) is 38.9. The van der Waals surface area contributed by atoms with E-state index in [0.717, 1.165) is 12.8 Å². The lowest BCUT2D eigenvalue weighted by molar-refractivity contribution is -0.308. The Hall–Kier alpha value is -2.03. The molecule has 9 atom stereocenters. The molecular formula is C32H48O8. The van der Waals surface area contributed by atoms with Crippen LogP contribution in [-0.2, 0) is 23.9 Å². The molecule has 2 heterocycles. The average molecular weight is 561 g/mol. The lowest BCUT2D eigenvalue weighted by Gasteiger charge is -2.56. The molecule has 2 bridgehead atoms. The van der Waals surface area contributed by atoms with Crippen molar-refractivity contribution in [2.45, 2.75) is 123 Å². The first-order valence-electron chi connectivity index (χ1n) is 14.9. The van der Waals surface area contributed by atoms with Crippen molar-refractivity contribution >= 4 is 17.7 Å². The van der Waals surface area contributed by atoms with Gasteiger partial charge in [0.15, 0.2) is 11.6 Å². The fourth-order valence-corrected chi connectivity index (χ4v) is 8.53. The van der Waals surface area contributed by atoms with Crippen LogP contribution in [0.3, 0.4) is 0 Å². The van der Waals surface area contributed by atoms with Crippen LogP contribution in [0.15, 0.2) is 23.3 Å². The number of hydrogen-bond acceptors (Lipinski definition) is 7. The Bertz CT molecular complexity index is 1120. The van der Waals surface area contributed by atoms with E-state index in [2.05, 4.69) is 27.4 Å². The second-order valence-electron chi connectivity index (χ2n) is 13.9. The Morgan fingerprint density at radius 1 is 1.12 bits per heavy atom. The van der Waals surface area contributed by atoms with E-state index in [1.54, 1.807) is 0 Å². The van der Waals surface area contributed by atoms with Crippen molar-refractivity contribution in [1.82, 2.24) is 0 Å². The Balaban J connectivity index is 1.81. The van der Waals surface area contributed by atoms with Crippen LogP contribution in [0.4, 0.5) is 0 Å². The fourth-order valence-electron chi connectivity index (χ4n) is 8.53. The normalized spacial score (nSPS) is 42.0. The number of fused-ring (bicyclic) bond motifs is 5. The van der Waals surface area contributed by atoms with Gasteiger partial charge in [0.25, 0.3) is 0 Å². The molecule has 0 amide bonds. The van der Waals surface area contributed by atoms with Crippen LogP contribution in [-0.4, -0.2) is 56.6 Å². The van der Waals surface area contributed by atoms with E-state index in [1.807, 2.05) is 13.8 Å². The van der Waals surface area contributed by atoms with Gasteiger partial charge in [-0.3, -0.25) is 14.4 Å². The highest BCUT2D eigenvalue weighted by atomic mass is 16.7. The van der Waals surface area contributed by atoms with Gasteiger partial charge in [0, 0.05) is 26.2 Å². The van der Waals surface area contributed by atoms with Gasteiger partial charge in [0.2, 0.25) is 0 Å². The summed E-state index contributed by atoms with van der Waals surface area (Å²) in [5, 5.41) is 33.2. The molecule has 2 fully saturated rings. The maximum Gasteiger partial charge on any atom is 0.312 e. The van der Waals surface area contributed by atoms with Crippen molar-refractivity contribution in [2.75, 3.05) is 0 Å². The molecule has 0 radical (unpaired) electrons. The molecule has 0 aromatic rings. The molecule has 4 rings (SSSR count). The third-order valence-electron chi connectivity index (χ3n) is 11.3. The van der Waals surface area contributed by atoms with Crippen LogP contribution in [0.5, 0.6) is 0 Å². The summed E-state index contributed by atoms with van der Waals surface area (Å²) in [7, 11) is 0. The lowest BCUT2D eigenvalue weighted by Crippen LogP contribution is -2.61. The quantitative estimate of drug-likeness (QED) is 0.294.